The van der Waals surface area contributed by atoms with Crippen LogP contribution in [0.4, 0.5) is 4.39 Å². The number of hydrogen-bond acceptors (Lipinski definition) is 1. The maximum atomic E-state index is 12.8. The number of rotatable bonds is 2. The molecule has 0 saturated heterocycles. The Hall–Kier alpha value is -2.09. The summed E-state index contributed by atoms with van der Waals surface area (Å²) in [6.07, 6.45) is 5.84. The van der Waals surface area contributed by atoms with E-state index in [-0.39, 0.29) is 5.82 Å². The summed E-state index contributed by atoms with van der Waals surface area (Å²) in [7, 11) is 0. The SMILES string of the molecule is C=C1C(C)=CC=CN1C(=C)c1ccc(F)cc1. The Bertz CT molecular complexity index is 520. The summed E-state index contributed by atoms with van der Waals surface area (Å²) >= 11 is 0. The van der Waals surface area contributed by atoms with Crippen LogP contribution in [0.2, 0.25) is 0 Å². The van der Waals surface area contributed by atoms with Gasteiger partial charge in [-0.15, -0.1) is 0 Å². The molecular weight excluding hydrogens is 213 g/mol. The molecule has 0 bridgehead atoms. The van der Waals surface area contributed by atoms with E-state index in [0.29, 0.717) is 0 Å². The van der Waals surface area contributed by atoms with E-state index in [1.165, 1.54) is 12.1 Å². The van der Waals surface area contributed by atoms with Gasteiger partial charge in [-0.1, -0.05) is 19.2 Å². The Balaban J connectivity index is 2.27. The van der Waals surface area contributed by atoms with E-state index in [2.05, 4.69) is 13.2 Å². The standard InChI is InChI=1S/C15H14FN/c1-11-5-4-10-17(12(11)2)13(3)14-6-8-15(16)9-7-14/h4-10H,2-3H2,1H3. The maximum Gasteiger partial charge on any atom is 0.123 e. The molecule has 0 spiro atoms. The first-order valence-corrected chi connectivity index (χ1v) is 5.38. The van der Waals surface area contributed by atoms with E-state index in [1.807, 2.05) is 30.2 Å². The van der Waals surface area contributed by atoms with Gasteiger partial charge in [0.05, 0.1) is 0 Å². The van der Waals surface area contributed by atoms with Crippen molar-refractivity contribution in [3.63, 3.8) is 0 Å². The molecule has 0 fully saturated rings. The number of allylic oxidation sites excluding steroid dienone is 3. The Kier molecular flexibility index (Phi) is 2.96. The molecule has 0 radical (unpaired) electrons. The summed E-state index contributed by atoms with van der Waals surface area (Å²) in [6, 6.07) is 6.29. The van der Waals surface area contributed by atoms with Crippen LogP contribution < -0.4 is 0 Å². The number of halogens is 1. The first-order valence-electron chi connectivity index (χ1n) is 5.38. The molecule has 0 aliphatic carbocycles. The first kappa shape index (κ1) is 11.4. The summed E-state index contributed by atoms with van der Waals surface area (Å²) in [5, 5.41) is 0. The molecule has 0 N–H and O–H groups in total. The van der Waals surface area contributed by atoms with Gasteiger partial charge in [-0.3, -0.25) is 0 Å². The second kappa shape index (κ2) is 4.42. The maximum absolute atomic E-state index is 12.8. The van der Waals surface area contributed by atoms with Crippen LogP contribution in [-0.2, 0) is 0 Å². The smallest absolute Gasteiger partial charge is 0.123 e. The van der Waals surface area contributed by atoms with Gasteiger partial charge >= 0.3 is 0 Å². The molecule has 1 aromatic rings. The van der Waals surface area contributed by atoms with Crippen molar-refractivity contribution in [1.82, 2.24) is 4.90 Å². The van der Waals surface area contributed by atoms with Crippen molar-refractivity contribution in [3.05, 3.63) is 78.4 Å². The zero-order valence-electron chi connectivity index (χ0n) is 9.78. The molecule has 2 rings (SSSR count). The summed E-state index contributed by atoms with van der Waals surface area (Å²) in [5.74, 6) is -0.245. The van der Waals surface area contributed by atoms with Crippen molar-refractivity contribution in [2.75, 3.05) is 0 Å². The summed E-state index contributed by atoms with van der Waals surface area (Å²) in [5.41, 5.74) is 3.66. The van der Waals surface area contributed by atoms with Crippen molar-refractivity contribution in [2.24, 2.45) is 0 Å². The lowest BCUT2D eigenvalue weighted by Crippen LogP contribution is -2.16. The lowest BCUT2D eigenvalue weighted by atomic mass is 10.1. The van der Waals surface area contributed by atoms with Gasteiger partial charge in [0.1, 0.15) is 5.82 Å². The van der Waals surface area contributed by atoms with Crippen molar-refractivity contribution in [1.29, 1.82) is 0 Å². The topological polar surface area (TPSA) is 3.24 Å². The molecule has 1 aromatic carbocycles. The van der Waals surface area contributed by atoms with Crippen LogP contribution in [0.3, 0.4) is 0 Å². The number of benzene rings is 1. The van der Waals surface area contributed by atoms with Gasteiger partial charge < -0.3 is 4.90 Å². The van der Waals surface area contributed by atoms with Crippen LogP contribution in [0.5, 0.6) is 0 Å². The van der Waals surface area contributed by atoms with E-state index >= 15 is 0 Å². The zero-order valence-corrected chi connectivity index (χ0v) is 9.78. The van der Waals surface area contributed by atoms with Crippen molar-refractivity contribution in [3.8, 4) is 0 Å². The minimum Gasteiger partial charge on any atom is -0.318 e. The molecular formula is C15H14FN. The highest BCUT2D eigenvalue weighted by atomic mass is 19.1. The third kappa shape index (κ3) is 2.21. The Morgan fingerprint density at radius 2 is 1.88 bits per heavy atom. The summed E-state index contributed by atoms with van der Waals surface area (Å²) < 4.78 is 12.8. The van der Waals surface area contributed by atoms with E-state index in [9.17, 15) is 4.39 Å². The highest BCUT2D eigenvalue weighted by Crippen LogP contribution is 2.27. The molecule has 0 amide bonds. The van der Waals surface area contributed by atoms with Crippen LogP contribution in [0, 0.1) is 5.82 Å². The molecule has 1 aliphatic heterocycles. The van der Waals surface area contributed by atoms with E-state index in [4.69, 9.17) is 0 Å². The van der Waals surface area contributed by atoms with Gasteiger partial charge in [0.15, 0.2) is 0 Å². The number of hydrogen-bond donors (Lipinski definition) is 0. The van der Waals surface area contributed by atoms with Gasteiger partial charge in [-0.2, -0.15) is 0 Å². The molecule has 0 atom stereocenters. The quantitative estimate of drug-likeness (QED) is 0.735. The van der Waals surface area contributed by atoms with Crippen LogP contribution in [0.25, 0.3) is 5.70 Å². The van der Waals surface area contributed by atoms with Gasteiger partial charge in [0.2, 0.25) is 0 Å². The molecule has 0 aromatic heterocycles. The number of nitrogens with zero attached hydrogens (tertiary/aromatic N) is 1. The van der Waals surface area contributed by atoms with Crippen molar-refractivity contribution in [2.45, 2.75) is 6.92 Å². The van der Waals surface area contributed by atoms with Crippen LogP contribution in [0.15, 0.2) is 67.0 Å². The monoisotopic (exact) mass is 227 g/mol. The lowest BCUT2D eigenvalue weighted by Gasteiger charge is -2.27. The predicted molar refractivity (Wildman–Crippen MR) is 69.3 cm³/mol. The van der Waals surface area contributed by atoms with Gasteiger partial charge in [-0.05, 0) is 48.4 Å². The van der Waals surface area contributed by atoms with Crippen molar-refractivity contribution < 1.29 is 4.39 Å². The van der Waals surface area contributed by atoms with E-state index in [1.54, 1.807) is 12.1 Å². The van der Waals surface area contributed by atoms with E-state index in [0.717, 1.165) is 22.5 Å². The highest BCUT2D eigenvalue weighted by Gasteiger charge is 2.13. The molecule has 1 nitrogen and oxygen atoms in total. The Morgan fingerprint density at radius 3 is 2.53 bits per heavy atom. The third-order valence-corrected chi connectivity index (χ3v) is 2.80. The van der Waals surface area contributed by atoms with Gasteiger partial charge in [0, 0.05) is 17.6 Å². The second-order valence-electron chi connectivity index (χ2n) is 3.96. The molecule has 1 heterocycles. The minimum absolute atomic E-state index is 0.245. The fraction of sp³-hybridized carbons (Fsp3) is 0.0667. The largest absolute Gasteiger partial charge is 0.318 e. The Labute approximate surface area is 101 Å². The Morgan fingerprint density at radius 1 is 1.24 bits per heavy atom. The molecule has 2 heteroatoms. The summed E-state index contributed by atoms with van der Waals surface area (Å²) in [4.78, 5) is 1.91. The fourth-order valence-corrected chi connectivity index (χ4v) is 1.68. The van der Waals surface area contributed by atoms with Crippen LogP contribution in [0.1, 0.15) is 12.5 Å². The average molecular weight is 227 g/mol. The van der Waals surface area contributed by atoms with Crippen LogP contribution in [-0.4, -0.2) is 4.90 Å². The molecule has 86 valence electrons. The van der Waals surface area contributed by atoms with Gasteiger partial charge in [-0.25, -0.2) is 4.39 Å². The minimum atomic E-state index is -0.245. The third-order valence-electron chi connectivity index (χ3n) is 2.80. The summed E-state index contributed by atoms with van der Waals surface area (Å²) in [6.45, 7) is 10.0. The molecule has 0 unspecified atom stereocenters. The average Bonchev–Trinajstić information content (AvgIpc) is 2.33. The van der Waals surface area contributed by atoms with Crippen molar-refractivity contribution >= 4 is 5.70 Å². The molecule has 0 saturated carbocycles. The lowest BCUT2D eigenvalue weighted by molar-refractivity contribution is 0.626. The highest BCUT2D eigenvalue weighted by molar-refractivity contribution is 5.66. The molecule has 17 heavy (non-hydrogen) atoms. The van der Waals surface area contributed by atoms with Gasteiger partial charge in [0.25, 0.3) is 0 Å². The fourth-order valence-electron chi connectivity index (χ4n) is 1.68. The van der Waals surface area contributed by atoms with E-state index < -0.39 is 0 Å². The first-order chi connectivity index (χ1) is 8.09. The zero-order chi connectivity index (χ0) is 12.4. The normalized spacial score (nSPS) is 14.8. The predicted octanol–water partition coefficient (Wildman–Crippen LogP) is 4.09. The molecule has 1 aliphatic rings. The second-order valence-corrected chi connectivity index (χ2v) is 3.96. The van der Waals surface area contributed by atoms with Crippen LogP contribution >= 0.6 is 0 Å².